The molecule has 1 fully saturated rings. The fourth-order valence-corrected chi connectivity index (χ4v) is 4.86. The highest BCUT2D eigenvalue weighted by molar-refractivity contribution is 5.46. The van der Waals surface area contributed by atoms with Crippen LogP contribution in [0.2, 0.25) is 0 Å². The Hall–Kier alpha value is -1.12. The molecule has 0 bridgehead atoms. The van der Waals surface area contributed by atoms with Crippen molar-refractivity contribution in [1.82, 2.24) is 10.2 Å². The van der Waals surface area contributed by atoms with E-state index in [0.717, 1.165) is 6.54 Å². The molecule has 0 aromatic rings. The zero-order valence-electron chi connectivity index (χ0n) is 19.2. The smallest absolute Gasteiger partial charge is 0.0291 e. The van der Waals surface area contributed by atoms with Gasteiger partial charge < -0.3 is 5.32 Å². The minimum atomic E-state index is 0.295. The Balaban J connectivity index is 0.000000178. The topological polar surface area (TPSA) is 15.3 Å². The third kappa shape index (κ3) is 4.84. The molecule has 0 radical (unpaired) electrons. The Morgan fingerprint density at radius 1 is 1.04 bits per heavy atom. The van der Waals surface area contributed by atoms with Gasteiger partial charge in [-0.25, -0.2) is 0 Å². The van der Waals surface area contributed by atoms with E-state index >= 15 is 0 Å². The number of piperidine rings is 1. The van der Waals surface area contributed by atoms with Gasteiger partial charge in [0, 0.05) is 29.5 Å². The molecule has 2 atom stereocenters. The lowest BCUT2D eigenvalue weighted by Gasteiger charge is -2.37. The lowest BCUT2D eigenvalue weighted by atomic mass is 9.80. The first-order valence-corrected chi connectivity index (χ1v) is 10.9. The summed E-state index contributed by atoms with van der Waals surface area (Å²) in [6.07, 6.45) is 11.9. The number of nitrogens with zero attached hydrogens (tertiary/aromatic N) is 1. The molecule has 0 saturated carbocycles. The molecule has 1 saturated heterocycles. The van der Waals surface area contributed by atoms with Crippen molar-refractivity contribution >= 4 is 0 Å². The van der Waals surface area contributed by atoms with Gasteiger partial charge in [0.05, 0.1) is 0 Å². The molecule has 2 aliphatic carbocycles. The fourth-order valence-electron chi connectivity index (χ4n) is 4.86. The third-order valence-electron chi connectivity index (χ3n) is 6.31. The van der Waals surface area contributed by atoms with Gasteiger partial charge in [-0.1, -0.05) is 65.8 Å². The first kappa shape index (κ1) is 22.2. The van der Waals surface area contributed by atoms with Gasteiger partial charge in [-0.3, -0.25) is 4.90 Å². The van der Waals surface area contributed by atoms with Crippen LogP contribution in [0.4, 0.5) is 0 Å². The molecule has 1 N–H and O–H groups in total. The molecule has 27 heavy (non-hydrogen) atoms. The summed E-state index contributed by atoms with van der Waals surface area (Å²) in [7, 11) is 2.23. The van der Waals surface area contributed by atoms with E-state index in [1.165, 1.54) is 25.0 Å². The molecule has 4 aliphatic rings. The molecule has 0 aromatic heterocycles. The number of likely N-dealkylation sites (N-methyl/N-ethyl adjacent to an activating group) is 1. The van der Waals surface area contributed by atoms with Crippen LogP contribution in [0.5, 0.6) is 0 Å². The van der Waals surface area contributed by atoms with Gasteiger partial charge in [0.15, 0.2) is 0 Å². The zero-order chi connectivity index (χ0) is 20.4. The molecule has 2 heteroatoms. The highest BCUT2D eigenvalue weighted by atomic mass is 15.1. The van der Waals surface area contributed by atoms with Crippen LogP contribution in [0.15, 0.2) is 46.6 Å². The lowest BCUT2D eigenvalue weighted by molar-refractivity contribution is 0.252. The predicted octanol–water partition coefficient (Wildman–Crippen LogP) is 5.89. The number of hydrogen-bond donors (Lipinski definition) is 1. The number of nitrogens with one attached hydrogen (secondary N) is 1. The summed E-state index contributed by atoms with van der Waals surface area (Å²) in [6.45, 7) is 20.1. The number of allylic oxidation sites excluding steroid dienone is 4. The summed E-state index contributed by atoms with van der Waals surface area (Å²) in [4.78, 5) is 2.45. The van der Waals surface area contributed by atoms with Gasteiger partial charge in [0.1, 0.15) is 0 Å². The lowest BCUT2D eigenvalue weighted by Crippen LogP contribution is -2.38. The van der Waals surface area contributed by atoms with Crippen molar-refractivity contribution in [3.8, 4) is 0 Å². The van der Waals surface area contributed by atoms with Crippen molar-refractivity contribution in [1.29, 1.82) is 0 Å². The van der Waals surface area contributed by atoms with Gasteiger partial charge in [-0.2, -0.15) is 0 Å². The zero-order valence-corrected chi connectivity index (χ0v) is 19.2. The van der Waals surface area contributed by atoms with E-state index in [2.05, 4.69) is 83.1 Å². The Morgan fingerprint density at radius 2 is 1.70 bits per heavy atom. The molecule has 4 rings (SSSR count). The highest BCUT2D eigenvalue weighted by Gasteiger charge is 2.35. The summed E-state index contributed by atoms with van der Waals surface area (Å²) < 4.78 is 0. The minimum Gasteiger partial charge on any atom is -0.310 e. The molecule has 2 nitrogen and oxygen atoms in total. The largest absolute Gasteiger partial charge is 0.310 e. The van der Waals surface area contributed by atoms with Crippen LogP contribution in [-0.4, -0.2) is 37.1 Å². The van der Waals surface area contributed by atoms with E-state index in [1.54, 1.807) is 16.7 Å². The SMILES string of the molecule is CC.CC1C2=C(C=CC2(C)C)CCN1C.CC1NCCC2=CC(C)(C)C=C21. The maximum atomic E-state index is 3.48. The fraction of sp³-hybridized carbons (Fsp3) is 0.680. The van der Waals surface area contributed by atoms with Crippen LogP contribution in [0.1, 0.15) is 68.2 Å². The van der Waals surface area contributed by atoms with Crippen molar-refractivity contribution in [2.45, 2.75) is 80.3 Å². The van der Waals surface area contributed by atoms with Crippen LogP contribution in [0.3, 0.4) is 0 Å². The maximum Gasteiger partial charge on any atom is 0.0291 e. The highest BCUT2D eigenvalue weighted by Crippen LogP contribution is 2.43. The van der Waals surface area contributed by atoms with E-state index in [4.69, 9.17) is 0 Å². The Kier molecular flexibility index (Phi) is 6.97. The first-order valence-electron chi connectivity index (χ1n) is 10.9. The van der Waals surface area contributed by atoms with Gasteiger partial charge in [-0.05, 0) is 62.6 Å². The molecule has 2 heterocycles. The molecule has 0 amide bonds. The second kappa shape index (κ2) is 8.49. The second-order valence-electron chi connectivity index (χ2n) is 9.42. The van der Waals surface area contributed by atoms with Crippen LogP contribution in [0.25, 0.3) is 0 Å². The van der Waals surface area contributed by atoms with E-state index in [-0.39, 0.29) is 0 Å². The summed E-state index contributed by atoms with van der Waals surface area (Å²) >= 11 is 0. The summed E-state index contributed by atoms with van der Waals surface area (Å²) in [5.74, 6) is 0. The number of hydrogen-bond acceptors (Lipinski definition) is 2. The van der Waals surface area contributed by atoms with E-state index in [0.29, 0.717) is 22.9 Å². The summed E-state index contributed by atoms with van der Waals surface area (Å²) in [5, 5.41) is 3.48. The van der Waals surface area contributed by atoms with Gasteiger partial charge in [-0.15, -0.1) is 0 Å². The van der Waals surface area contributed by atoms with Crippen molar-refractivity contribution < 1.29 is 0 Å². The molecule has 0 spiro atoms. The maximum absolute atomic E-state index is 3.48. The van der Waals surface area contributed by atoms with Crippen molar-refractivity contribution in [3.63, 3.8) is 0 Å². The molecule has 2 unspecified atom stereocenters. The number of rotatable bonds is 0. The van der Waals surface area contributed by atoms with Gasteiger partial charge >= 0.3 is 0 Å². The van der Waals surface area contributed by atoms with Gasteiger partial charge in [0.25, 0.3) is 0 Å². The van der Waals surface area contributed by atoms with E-state index in [1.807, 2.05) is 13.8 Å². The van der Waals surface area contributed by atoms with Crippen molar-refractivity contribution in [2.75, 3.05) is 20.1 Å². The minimum absolute atomic E-state index is 0.295. The standard InChI is InChI=1S/C12H19N.C11H17N.C2H6/c1-9-11-10(6-8-13(9)4)5-7-12(11,2)3;1-8-10-7-11(2,3)6-9(10)4-5-12-8;1-2/h5,7,9H,6,8H2,1-4H3;6-8,12H,4-5H2,1-3H3;1-2H3. The molecular formula is C25H42N2. The molecule has 2 aliphatic heterocycles. The Morgan fingerprint density at radius 3 is 2.33 bits per heavy atom. The van der Waals surface area contributed by atoms with Crippen molar-refractivity contribution in [2.24, 2.45) is 10.8 Å². The summed E-state index contributed by atoms with van der Waals surface area (Å²) in [6, 6.07) is 1.18. The quantitative estimate of drug-likeness (QED) is 0.572. The Bertz CT molecular complexity index is 658. The van der Waals surface area contributed by atoms with E-state index < -0.39 is 0 Å². The normalized spacial score (nSPS) is 30.3. The van der Waals surface area contributed by atoms with Crippen LogP contribution >= 0.6 is 0 Å². The van der Waals surface area contributed by atoms with E-state index in [9.17, 15) is 0 Å². The van der Waals surface area contributed by atoms with Crippen LogP contribution in [-0.2, 0) is 0 Å². The van der Waals surface area contributed by atoms with Gasteiger partial charge in [0.2, 0.25) is 0 Å². The van der Waals surface area contributed by atoms with Crippen LogP contribution in [0, 0.1) is 10.8 Å². The second-order valence-corrected chi connectivity index (χ2v) is 9.42. The predicted molar refractivity (Wildman–Crippen MR) is 120 cm³/mol. The summed E-state index contributed by atoms with van der Waals surface area (Å²) in [5.41, 5.74) is 6.93. The monoisotopic (exact) mass is 370 g/mol. The first-order chi connectivity index (χ1) is 12.6. The van der Waals surface area contributed by atoms with Crippen LogP contribution < -0.4 is 5.32 Å². The molecule has 152 valence electrons. The molecule has 0 aromatic carbocycles. The average molecular weight is 371 g/mol. The average Bonchev–Trinajstić information content (AvgIpc) is 3.10. The number of fused-ring (bicyclic) bond motifs is 1. The third-order valence-corrected chi connectivity index (χ3v) is 6.31. The van der Waals surface area contributed by atoms with Crippen molar-refractivity contribution in [3.05, 3.63) is 46.6 Å². The molecular weight excluding hydrogens is 328 g/mol. The Labute approximate surface area is 168 Å².